The Morgan fingerprint density at radius 3 is 2.48 bits per heavy atom. The summed E-state index contributed by atoms with van der Waals surface area (Å²) in [5.41, 5.74) is 1.36. The molecule has 0 aliphatic heterocycles. The maximum Gasteiger partial charge on any atom is 0.244 e. The molecule has 6 heteroatoms. The second-order valence-corrected chi connectivity index (χ2v) is 9.21. The molecule has 2 bridgehead atoms. The van der Waals surface area contributed by atoms with Crippen LogP contribution in [0.2, 0.25) is 0 Å². The van der Waals surface area contributed by atoms with E-state index in [0.717, 1.165) is 23.7 Å². The number of amides is 1. The van der Waals surface area contributed by atoms with E-state index in [-0.39, 0.29) is 11.9 Å². The summed E-state index contributed by atoms with van der Waals surface area (Å²) in [5.74, 6) is 2.22. The molecule has 0 aromatic heterocycles. The predicted molar refractivity (Wildman–Crippen MR) is 100 cm³/mol. The molecule has 1 amide bonds. The van der Waals surface area contributed by atoms with Gasteiger partial charge in [-0.05, 0) is 67.7 Å². The summed E-state index contributed by atoms with van der Waals surface area (Å²) in [6.07, 6.45) is 9.68. The number of fused-ring (bicyclic) bond motifs is 2. The molecule has 0 saturated heterocycles. The number of carbonyl (C=O) groups excluding carboxylic acids is 1. The molecule has 4 atom stereocenters. The summed E-state index contributed by atoms with van der Waals surface area (Å²) in [6, 6.07) is 7.12. The third kappa shape index (κ3) is 4.84. The molecule has 0 heterocycles. The third-order valence-corrected chi connectivity index (χ3v) is 6.05. The lowest BCUT2D eigenvalue weighted by Crippen LogP contribution is -2.39. The quantitative estimate of drug-likeness (QED) is 0.764. The van der Waals surface area contributed by atoms with Gasteiger partial charge in [0.2, 0.25) is 15.9 Å². The van der Waals surface area contributed by atoms with Gasteiger partial charge in [-0.2, -0.15) is 0 Å². The van der Waals surface area contributed by atoms with E-state index in [1.54, 1.807) is 36.4 Å². The van der Waals surface area contributed by atoms with Crippen molar-refractivity contribution in [1.82, 2.24) is 5.32 Å². The molecule has 2 N–H and O–H groups in total. The molecule has 3 rings (SSSR count). The molecule has 136 valence electrons. The number of hydrogen-bond donors (Lipinski definition) is 2. The van der Waals surface area contributed by atoms with Crippen LogP contribution in [0.3, 0.4) is 0 Å². The van der Waals surface area contributed by atoms with Gasteiger partial charge in [0.05, 0.1) is 6.26 Å². The zero-order valence-electron chi connectivity index (χ0n) is 14.7. The first-order valence-corrected chi connectivity index (χ1v) is 10.8. The molecule has 2 aliphatic carbocycles. The van der Waals surface area contributed by atoms with Crippen molar-refractivity contribution in [3.63, 3.8) is 0 Å². The van der Waals surface area contributed by atoms with Crippen LogP contribution in [0.15, 0.2) is 30.3 Å². The smallest absolute Gasteiger partial charge is 0.244 e. The molecule has 25 heavy (non-hydrogen) atoms. The van der Waals surface area contributed by atoms with E-state index in [1.165, 1.54) is 25.7 Å². The highest BCUT2D eigenvalue weighted by atomic mass is 32.2. The first kappa shape index (κ1) is 18.0. The maximum atomic E-state index is 12.2. The summed E-state index contributed by atoms with van der Waals surface area (Å²) in [4.78, 5) is 12.2. The van der Waals surface area contributed by atoms with E-state index in [1.807, 2.05) is 0 Å². The Morgan fingerprint density at radius 2 is 1.92 bits per heavy atom. The summed E-state index contributed by atoms with van der Waals surface area (Å²) in [6.45, 7) is 2.11. The minimum absolute atomic E-state index is 0.0754. The van der Waals surface area contributed by atoms with Crippen molar-refractivity contribution >= 4 is 27.7 Å². The van der Waals surface area contributed by atoms with Gasteiger partial charge >= 0.3 is 0 Å². The van der Waals surface area contributed by atoms with Gasteiger partial charge in [-0.25, -0.2) is 8.42 Å². The Bertz CT molecular complexity index is 755. The van der Waals surface area contributed by atoms with Gasteiger partial charge in [0.25, 0.3) is 0 Å². The molecule has 0 spiro atoms. The number of nitrogens with one attached hydrogen (secondary N) is 2. The zero-order chi connectivity index (χ0) is 18.0. The molecule has 4 unspecified atom stereocenters. The highest BCUT2D eigenvalue weighted by Crippen LogP contribution is 2.49. The van der Waals surface area contributed by atoms with Crippen molar-refractivity contribution in [1.29, 1.82) is 0 Å². The van der Waals surface area contributed by atoms with Gasteiger partial charge in [-0.1, -0.05) is 18.6 Å². The van der Waals surface area contributed by atoms with Gasteiger partial charge in [0.15, 0.2) is 0 Å². The van der Waals surface area contributed by atoms with Crippen LogP contribution in [0.1, 0.15) is 38.2 Å². The first-order chi connectivity index (χ1) is 11.8. The lowest BCUT2D eigenvalue weighted by Gasteiger charge is -2.28. The summed E-state index contributed by atoms with van der Waals surface area (Å²) in [5, 5.41) is 3.10. The van der Waals surface area contributed by atoms with Gasteiger partial charge in [0, 0.05) is 17.8 Å². The highest BCUT2D eigenvalue weighted by molar-refractivity contribution is 7.92. The summed E-state index contributed by atoms with van der Waals surface area (Å²) < 4.78 is 24.8. The Balaban J connectivity index is 1.52. The Kier molecular flexibility index (Phi) is 5.18. The fraction of sp³-hybridized carbons (Fsp3) is 0.526. The predicted octanol–water partition coefficient (Wildman–Crippen LogP) is 3.01. The second-order valence-electron chi connectivity index (χ2n) is 7.47. The zero-order valence-corrected chi connectivity index (χ0v) is 15.6. The van der Waals surface area contributed by atoms with Crippen molar-refractivity contribution in [2.24, 2.45) is 17.8 Å². The van der Waals surface area contributed by atoms with Crippen LogP contribution in [0.5, 0.6) is 0 Å². The number of benzene rings is 1. The minimum atomic E-state index is -3.27. The Labute approximate surface area is 149 Å². The van der Waals surface area contributed by atoms with Crippen molar-refractivity contribution in [2.75, 3.05) is 11.0 Å². The van der Waals surface area contributed by atoms with E-state index in [0.29, 0.717) is 11.6 Å². The molecule has 0 radical (unpaired) electrons. The van der Waals surface area contributed by atoms with Crippen LogP contribution in [-0.4, -0.2) is 26.6 Å². The molecular weight excluding hydrogens is 336 g/mol. The van der Waals surface area contributed by atoms with E-state index in [4.69, 9.17) is 0 Å². The van der Waals surface area contributed by atoms with Crippen molar-refractivity contribution in [2.45, 2.75) is 38.6 Å². The van der Waals surface area contributed by atoms with Gasteiger partial charge in [-0.15, -0.1) is 0 Å². The van der Waals surface area contributed by atoms with Crippen LogP contribution in [0.4, 0.5) is 5.69 Å². The van der Waals surface area contributed by atoms with E-state index in [9.17, 15) is 13.2 Å². The second kappa shape index (κ2) is 7.20. The fourth-order valence-electron chi connectivity index (χ4n) is 4.33. The van der Waals surface area contributed by atoms with Gasteiger partial charge in [-0.3, -0.25) is 9.52 Å². The monoisotopic (exact) mass is 362 g/mol. The third-order valence-electron chi connectivity index (χ3n) is 5.45. The van der Waals surface area contributed by atoms with E-state index in [2.05, 4.69) is 17.0 Å². The average Bonchev–Trinajstić information content (AvgIpc) is 3.16. The topological polar surface area (TPSA) is 75.3 Å². The largest absolute Gasteiger partial charge is 0.350 e. The Morgan fingerprint density at radius 1 is 1.20 bits per heavy atom. The van der Waals surface area contributed by atoms with Crippen LogP contribution < -0.4 is 10.0 Å². The van der Waals surface area contributed by atoms with Crippen LogP contribution in [0, 0.1) is 17.8 Å². The minimum Gasteiger partial charge on any atom is -0.350 e. The summed E-state index contributed by atoms with van der Waals surface area (Å²) >= 11 is 0. The van der Waals surface area contributed by atoms with Crippen molar-refractivity contribution in [3.05, 3.63) is 35.9 Å². The number of rotatable bonds is 6. The van der Waals surface area contributed by atoms with E-state index >= 15 is 0 Å². The molecule has 2 saturated carbocycles. The fourth-order valence-corrected chi connectivity index (χ4v) is 4.90. The number of carbonyl (C=O) groups is 1. The lowest BCUT2D eigenvalue weighted by molar-refractivity contribution is -0.117. The maximum absolute atomic E-state index is 12.2. The first-order valence-electron chi connectivity index (χ1n) is 8.86. The van der Waals surface area contributed by atoms with Crippen molar-refractivity contribution < 1.29 is 13.2 Å². The Hall–Kier alpha value is -1.82. The van der Waals surface area contributed by atoms with Crippen molar-refractivity contribution in [3.8, 4) is 0 Å². The number of sulfonamides is 1. The lowest BCUT2D eigenvalue weighted by atomic mass is 9.84. The summed E-state index contributed by atoms with van der Waals surface area (Å²) in [7, 11) is -3.27. The highest BCUT2D eigenvalue weighted by Gasteiger charge is 2.41. The van der Waals surface area contributed by atoms with Gasteiger partial charge in [0.1, 0.15) is 0 Å². The average molecular weight is 362 g/mol. The molecular formula is C19H26N2O3S. The SMILES string of the molecule is CC(NC(=O)C=Cc1ccc(NS(C)(=O)=O)cc1)C1CC2CCC1C2. The normalized spacial score (nSPS) is 26.7. The van der Waals surface area contributed by atoms with Crippen LogP contribution in [-0.2, 0) is 14.8 Å². The van der Waals surface area contributed by atoms with Gasteiger partial charge < -0.3 is 5.32 Å². The molecule has 1 aromatic carbocycles. The van der Waals surface area contributed by atoms with E-state index < -0.39 is 10.0 Å². The number of hydrogen-bond acceptors (Lipinski definition) is 3. The number of anilines is 1. The molecule has 2 aliphatic rings. The van der Waals surface area contributed by atoms with Crippen LogP contribution >= 0.6 is 0 Å². The molecule has 1 aromatic rings. The van der Waals surface area contributed by atoms with Crippen LogP contribution in [0.25, 0.3) is 6.08 Å². The standard InChI is InChI=1S/C19H26N2O3S/c1-13(18-12-15-3-7-16(18)11-15)20-19(22)10-6-14-4-8-17(9-5-14)21-25(2,23)24/h4-6,8-10,13,15-16,18,21H,3,7,11-12H2,1-2H3,(H,20,22). The molecule has 2 fully saturated rings. The molecule has 5 nitrogen and oxygen atoms in total.